The molecule has 0 aromatic heterocycles. The van der Waals surface area contributed by atoms with E-state index in [0.29, 0.717) is 6.54 Å². The van der Waals surface area contributed by atoms with Crippen molar-refractivity contribution < 1.29 is 9.90 Å². The number of hydrazine groups is 1. The molecule has 0 saturated heterocycles. The summed E-state index contributed by atoms with van der Waals surface area (Å²) in [7, 11) is 0. The Bertz CT molecular complexity index is 514. The minimum Gasteiger partial charge on any atom is -0.481 e. The second-order valence-electron chi connectivity index (χ2n) is 4.17. The van der Waals surface area contributed by atoms with Crippen molar-refractivity contribution in [2.24, 2.45) is 0 Å². The molecule has 1 unspecified atom stereocenters. The summed E-state index contributed by atoms with van der Waals surface area (Å²) in [5, 5.41) is 9.26. The van der Waals surface area contributed by atoms with Gasteiger partial charge in [0.15, 0.2) is 0 Å². The van der Waals surface area contributed by atoms with E-state index in [1.807, 2.05) is 60.7 Å². The molecule has 0 bridgehead atoms. The van der Waals surface area contributed by atoms with Crippen LogP contribution in [0.1, 0.15) is 11.5 Å². The standard InChI is InChI=1S/C15H16N2O2/c18-15(19)14(12-7-3-1-4-8-12)11-16-17-13-9-5-2-6-10-13/h1-10,14,16-17H,11H2,(H,18,19). The van der Waals surface area contributed by atoms with Gasteiger partial charge >= 0.3 is 5.97 Å². The summed E-state index contributed by atoms with van der Waals surface area (Å²) in [6.45, 7) is 0.314. The lowest BCUT2D eigenvalue weighted by Crippen LogP contribution is -2.30. The largest absolute Gasteiger partial charge is 0.481 e. The predicted molar refractivity (Wildman–Crippen MR) is 74.9 cm³/mol. The molecule has 2 aromatic carbocycles. The Hall–Kier alpha value is -2.33. The van der Waals surface area contributed by atoms with Crippen molar-refractivity contribution in [2.75, 3.05) is 12.0 Å². The van der Waals surface area contributed by atoms with Crippen LogP contribution in [0.2, 0.25) is 0 Å². The fraction of sp³-hybridized carbons (Fsp3) is 0.133. The first-order chi connectivity index (χ1) is 9.27. The fourth-order valence-electron chi connectivity index (χ4n) is 1.81. The molecule has 0 amide bonds. The number of anilines is 1. The van der Waals surface area contributed by atoms with Crippen molar-refractivity contribution in [1.29, 1.82) is 0 Å². The Balaban J connectivity index is 1.94. The highest BCUT2D eigenvalue weighted by atomic mass is 16.4. The molecular weight excluding hydrogens is 240 g/mol. The number of hydrogen-bond donors (Lipinski definition) is 3. The van der Waals surface area contributed by atoms with Gasteiger partial charge in [0.1, 0.15) is 0 Å². The van der Waals surface area contributed by atoms with E-state index in [0.717, 1.165) is 11.3 Å². The van der Waals surface area contributed by atoms with E-state index in [1.54, 1.807) is 0 Å². The molecule has 0 radical (unpaired) electrons. The Morgan fingerprint density at radius 3 is 2.16 bits per heavy atom. The molecular formula is C15H16N2O2. The van der Waals surface area contributed by atoms with E-state index >= 15 is 0 Å². The first kappa shape index (κ1) is 13.1. The van der Waals surface area contributed by atoms with E-state index in [-0.39, 0.29) is 0 Å². The molecule has 4 heteroatoms. The maximum absolute atomic E-state index is 11.3. The van der Waals surface area contributed by atoms with Crippen LogP contribution in [0.5, 0.6) is 0 Å². The van der Waals surface area contributed by atoms with Gasteiger partial charge < -0.3 is 10.5 Å². The number of benzene rings is 2. The molecule has 0 heterocycles. The first-order valence-electron chi connectivity index (χ1n) is 6.09. The number of carboxylic acid groups (broad SMARTS) is 1. The van der Waals surface area contributed by atoms with Gasteiger partial charge in [-0.2, -0.15) is 0 Å². The molecule has 2 rings (SSSR count). The molecule has 3 N–H and O–H groups in total. The van der Waals surface area contributed by atoms with Crippen molar-refractivity contribution in [3.8, 4) is 0 Å². The molecule has 4 nitrogen and oxygen atoms in total. The Morgan fingerprint density at radius 1 is 1.00 bits per heavy atom. The van der Waals surface area contributed by atoms with Crippen LogP contribution in [0.25, 0.3) is 0 Å². The number of para-hydroxylation sites is 1. The average molecular weight is 256 g/mol. The van der Waals surface area contributed by atoms with Gasteiger partial charge in [0.2, 0.25) is 0 Å². The highest BCUT2D eigenvalue weighted by Gasteiger charge is 2.18. The number of carbonyl (C=O) groups is 1. The van der Waals surface area contributed by atoms with Crippen molar-refractivity contribution in [1.82, 2.24) is 5.43 Å². The van der Waals surface area contributed by atoms with Gasteiger partial charge in [-0.3, -0.25) is 4.79 Å². The quantitative estimate of drug-likeness (QED) is 0.695. The normalized spacial score (nSPS) is 11.8. The molecule has 0 aliphatic heterocycles. The van der Waals surface area contributed by atoms with Gasteiger partial charge in [-0.15, -0.1) is 0 Å². The summed E-state index contributed by atoms with van der Waals surface area (Å²) in [4.78, 5) is 11.3. The van der Waals surface area contributed by atoms with E-state index in [1.165, 1.54) is 0 Å². The van der Waals surface area contributed by atoms with Crippen LogP contribution in [0.3, 0.4) is 0 Å². The first-order valence-corrected chi connectivity index (χ1v) is 6.09. The lowest BCUT2D eigenvalue weighted by Gasteiger charge is -2.15. The Labute approximate surface area is 112 Å². The zero-order valence-corrected chi connectivity index (χ0v) is 10.4. The minimum absolute atomic E-state index is 0.314. The summed E-state index contributed by atoms with van der Waals surface area (Å²) in [6, 6.07) is 18.8. The van der Waals surface area contributed by atoms with Crippen LogP contribution in [-0.4, -0.2) is 17.6 Å². The van der Waals surface area contributed by atoms with Gasteiger partial charge in [0, 0.05) is 12.2 Å². The lowest BCUT2D eigenvalue weighted by molar-refractivity contribution is -0.138. The van der Waals surface area contributed by atoms with Crippen LogP contribution < -0.4 is 10.9 Å². The highest BCUT2D eigenvalue weighted by Crippen LogP contribution is 2.14. The van der Waals surface area contributed by atoms with Crippen LogP contribution in [0, 0.1) is 0 Å². The third-order valence-electron chi connectivity index (χ3n) is 2.81. The zero-order chi connectivity index (χ0) is 13.5. The summed E-state index contributed by atoms with van der Waals surface area (Å²) >= 11 is 0. The van der Waals surface area contributed by atoms with Crippen LogP contribution in [0.4, 0.5) is 5.69 Å². The number of nitrogens with one attached hydrogen (secondary N) is 2. The second kappa shape index (κ2) is 6.56. The van der Waals surface area contributed by atoms with Gasteiger partial charge in [0.25, 0.3) is 0 Å². The van der Waals surface area contributed by atoms with Crippen LogP contribution >= 0.6 is 0 Å². The van der Waals surface area contributed by atoms with Crippen LogP contribution in [0.15, 0.2) is 60.7 Å². The summed E-state index contributed by atoms with van der Waals surface area (Å²) in [5.74, 6) is -1.41. The summed E-state index contributed by atoms with van der Waals surface area (Å²) in [6.07, 6.45) is 0. The monoisotopic (exact) mass is 256 g/mol. The topological polar surface area (TPSA) is 61.4 Å². The Kier molecular flexibility index (Phi) is 4.53. The summed E-state index contributed by atoms with van der Waals surface area (Å²) < 4.78 is 0. The number of carboxylic acids is 1. The van der Waals surface area contributed by atoms with Gasteiger partial charge in [-0.25, -0.2) is 5.43 Å². The fourth-order valence-corrected chi connectivity index (χ4v) is 1.81. The minimum atomic E-state index is -0.839. The van der Waals surface area contributed by atoms with E-state index in [4.69, 9.17) is 0 Å². The lowest BCUT2D eigenvalue weighted by atomic mass is 10.00. The van der Waals surface area contributed by atoms with E-state index in [9.17, 15) is 9.90 Å². The molecule has 19 heavy (non-hydrogen) atoms. The molecule has 98 valence electrons. The molecule has 2 aromatic rings. The molecule has 0 aliphatic rings. The van der Waals surface area contributed by atoms with Gasteiger partial charge in [-0.05, 0) is 17.7 Å². The van der Waals surface area contributed by atoms with Crippen molar-refractivity contribution in [3.05, 3.63) is 66.2 Å². The SMILES string of the molecule is O=C(O)C(CNNc1ccccc1)c1ccccc1. The number of rotatable bonds is 6. The molecule has 0 saturated carbocycles. The molecule has 0 fully saturated rings. The number of aliphatic carboxylic acids is 1. The van der Waals surface area contributed by atoms with E-state index in [2.05, 4.69) is 10.9 Å². The smallest absolute Gasteiger partial charge is 0.312 e. The maximum Gasteiger partial charge on any atom is 0.312 e. The van der Waals surface area contributed by atoms with Gasteiger partial charge in [0.05, 0.1) is 5.92 Å². The van der Waals surface area contributed by atoms with E-state index < -0.39 is 11.9 Å². The predicted octanol–water partition coefficient (Wildman–Crippen LogP) is 2.47. The highest BCUT2D eigenvalue weighted by molar-refractivity contribution is 5.76. The van der Waals surface area contributed by atoms with Crippen LogP contribution in [-0.2, 0) is 4.79 Å². The third kappa shape index (κ3) is 3.82. The third-order valence-corrected chi connectivity index (χ3v) is 2.81. The number of hydrogen-bond acceptors (Lipinski definition) is 3. The van der Waals surface area contributed by atoms with Crippen molar-refractivity contribution in [3.63, 3.8) is 0 Å². The molecule has 0 spiro atoms. The second-order valence-corrected chi connectivity index (χ2v) is 4.17. The molecule has 1 atom stereocenters. The Morgan fingerprint density at radius 2 is 1.58 bits per heavy atom. The average Bonchev–Trinajstić information content (AvgIpc) is 2.45. The maximum atomic E-state index is 11.3. The summed E-state index contributed by atoms with van der Waals surface area (Å²) in [5.41, 5.74) is 7.63. The van der Waals surface area contributed by atoms with Gasteiger partial charge in [-0.1, -0.05) is 48.5 Å². The zero-order valence-electron chi connectivity index (χ0n) is 10.4. The van der Waals surface area contributed by atoms with Crippen molar-refractivity contribution >= 4 is 11.7 Å². The molecule has 0 aliphatic carbocycles. The van der Waals surface area contributed by atoms with Crippen molar-refractivity contribution in [2.45, 2.75) is 5.92 Å².